The first-order chi connectivity index (χ1) is 11.2. The summed E-state index contributed by atoms with van der Waals surface area (Å²) in [7, 11) is -1.31. The summed E-state index contributed by atoms with van der Waals surface area (Å²) in [4.78, 5) is 0. The van der Waals surface area contributed by atoms with E-state index in [4.69, 9.17) is 0 Å². The zero-order valence-electron chi connectivity index (χ0n) is 14.9. The van der Waals surface area contributed by atoms with Gasteiger partial charge >= 0.3 is 0 Å². The highest BCUT2D eigenvalue weighted by atomic mass is 28.3. The van der Waals surface area contributed by atoms with Gasteiger partial charge in [-0.3, -0.25) is 0 Å². The van der Waals surface area contributed by atoms with Crippen molar-refractivity contribution >= 4 is 8.07 Å². The van der Waals surface area contributed by atoms with Crippen LogP contribution in [0.25, 0.3) is 0 Å². The van der Waals surface area contributed by atoms with Crippen molar-refractivity contribution in [2.45, 2.75) is 50.4 Å². The molecule has 0 aliphatic carbocycles. The average Bonchev–Trinajstić information content (AvgIpc) is 2.65. The number of allylic oxidation sites excluding steroid dienone is 1. The summed E-state index contributed by atoms with van der Waals surface area (Å²) in [5.74, 6) is 0. The van der Waals surface area contributed by atoms with Crippen molar-refractivity contribution in [2.24, 2.45) is 0 Å². The Morgan fingerprint density at radius 3 is 1.48 bits per heavy atom. The maximum Gasteiger partial charge on any atom is 0.0542 e. The van der Waals surface area contributed by atoms with Crippen LogP contribution in [0.1, 0.15) is 31.9 Å². The van der Waals surface area contributed by atoms with Crippen LogP contribution in [0.4, 0.5) is 0 Å². The largest absolute Gasteiger partial charge is 0.102 e. The van der Waals surface area contributed by atoms with Crippen LogP contribution in [-0.4, -0.2) is 8.07 Å². The van der Waals surface area contributed by atoms with Crippen molar-refractivity contribution < 1.29 is 0 Å². The van der Waals surface area contributed by atoms with Gasteiger partial charge in [-0.2, -0.15) is 0 Å². The Balaban J connectivity index is 2.62. The first-order valence-corrected chi connectivity index (χ1v) is 11.7. The van der Waals surface area contributed by atoms with Crippen LogP contribution >= 0.6 is 0 Å². The molecule has 0 fully saturated rings. The molecule has 0 aromatic heterocycles. The first-order valence-electron chi connectivity index (χ1n) is 8.91. The van der Waals surface area contributed by atoms with Crippen LogP contribution in [0.15, 0.2) is 73.3 Å². The summed E-state index contributed by atoms with van der Waals surface area (Å²) in [5.41, 5.74) is 2.71. The quantitative estimate of drug-likeness (QED) is 0.376. The maximum atomic E-state index is 4.30. The van der Waals surface area contributed by atoms with Gasteiger partial charge in [-0.05, 0) is 17.2 Å². The molecule has 122 valence electrons. The third kappa shape index (κ3) is 3.50. The standard InChI is InChI=1S/C22H30Si/c1-5-22(20-15-11-9-12-16-20,21-17-13-10-14-18-21)19-23(6-2,7-3)8-4/h5,9-18H,1,6-8,19H2,2-4H3. The zero-order valence-corrected chi connectivity index (χ0v) is 15.9. The molecular formula is C22H30Si. The SMILES string of the molecule is C=CC(C[Si](CC)(CC)CC)(c1ccccc1)c1ccccc1. The lowest BCUT2D eigenvalue weighted by atomic mass is 9.76. The summed E-state index contributed by atoms with van der Waals surface area (Å²) >= 11 is 0. The van der Waals surface area contributed by atoms with Crippen molar-refractivity contribution in [1.29, 1.82) is 0 Å². The Morgan fingerprint density at radius 2 is 1.17 bits per heavy atom. The van der Waals surface area contributed by atoms with Gasteiger partial charge in [0.2, 0.25) is 0 Å². The monoisotopic (exact) mass is 322 g/mol. The molecule has 0 radical (unpaired) electrons. The van der Waals surface area contributed by atoms with Crippen molar-refractivity contribution in [2.75, 3.05) is 0 Å². The van der Waals surface area contributed by atoms with Crippen LogP contribution in [0.3, 0.4) is 0 Å². The predicted octanol–water partition coefficient (Wildman–Crippen LogP) is 6.67. The molecule has 2 aromatic rings. The molecule has 0 unspecified atom stereocenters. The molecule has 2 aromatic carbocycles. The number of hydrogen-bond acceptors (Lipinski definition) is 0. The van der Waals surface area contributed by atoms with Crippen LogP contribution in [0.2, 0.25) is 24.2 Å². The lowest BCUT2D eigenvalue weighted by Crippen LogP contribution is -2.41. The van der Waals surface area contributed by atoms with E-state index in [1.165, 1.54) is 35.3 Å². The smallest absolute Gasteiger partial charge is 0.0542 e. The van der Waals surface area contributed by atoms with Crippen LogP contribution in [-0.2, 0) is 5.41 Å². The molecule has 0 spiro atoms. The molecule has 0 saturated heterocycles. The van der Waals surface area contributed by atoms with E-state index in [0.29, 0.717) is 0 Å². The summed E-state index contributed by atoms with van der Waals surface area (Å²) in [6.07, 6.45) is 2.21. The van der Waals surface area contributed by atoms with Gasteiger partial charge in [0, 0.05) is 5.41 Å². The molecule has 0 N–H and O–H groups in total. The minimum absolute atomic E-state index is 0.0588. The summed E-state index contributed by atoms with van der Waals surface area (Å²) in [6.45, 7) is 11.5. The van der Waals surface area contributed by atoms with E-state index >= 15 is 0 Å². The molecule has 0 heterocycles. The van der Waals surface area contributed by atoms with E-state index in [1.54, 1.807) is 0 Å². The molecule has 0 atom stereocenters. The molecule has 1 heteroatoms. The first kappa shape index (κ1) is 17.7. The van der Waals surface area contributed by atoms with E-state index in [1.807, 2.05) is 0 Å². The summed E-state index contributed by atoms with van der Waals surface area (Å²) < 4.78 is 0. The van der Waals surface area contributed by atoms with Gasteiger partial charge in [-0.15, -0.1) is 6.58 Å². The van der Waals surface area contributed by atoms with Gasteiger partial charge in [-0.25, -0.2) is 0 Å². The fraction of sp³-hybridized carbons (Fsp3) is 0.364. The predicted molar refractivity (Wildman–Crippen MR) is 106 cm³/mol. The minimum Gasteiger partial charge on any atom is -0.102 e. The number of rotatable bonds is 8. The van der Waals surface area contributed by atoms with Crippen molar-refractivity contribution in [3.63, 3.8) is 0 Å². The highest BCUT2D eigenvalue weighted by molar-refractivity contribution is 6.80. The lowest BCUT2D eigenvalue weighted by molar-refractivity contribution is 0.701. The van der Waals surface area contributed by atoms with Gasteiger partial charge in [0.15, 0.2) is 0 Å². The highest BCUT2D eigenvalue weighted by Gasteiger charge is 2.40. The Kier molecular flexibility index (Phi) is 6.01. The topological polar surface area (TPSA) is 0 Å². The Hall–Kier alpha value is -1.60. The van der Waals surface area contributed by atoms with Crippen molar-refractivity contribution in [3.8, 4) is 0 Å². The second kappa shape index (κ2) is 7.78. The number of hydrogen-bond donors (Lipinski definition) is 0. The maximum absolute atomic E-state index is 4.30. The van der Waals surface area contributed by atoms with Gasteiger partial charge < -0.3 is 0 Å². The summed E-state index contributed by atoms with van der Waals surface area (Å²) in [6, 6.07) is 27.2. The fourth-order valence-corrected chi connectivity index (χ4v) is 7.85. The highest BCUT2D eigenvalue weighted by Crippen LogP contribution is 2.44. The summed E-state index contributed by atoms with van der Waals surface area (Å²) in [5, 5.41) is 0. The zero-order chi connectivity index (χ0) is 16.8. The van der Waals surface area contributed by atoms with Gasteiger partial charge in [-0.1, -0.05) is 106 Å². The second-order valence-electron chi connectivity index (χ2n) is 6.64. The molecule has 0 aliphatic heterocycles. The van der Waals surface area contributed by atoms with Gasteiger partial charge in [0.25, 0.3) is 0 Å². The molecule has 0 bridgehead atoms. The van der Waals surface area contributed by atoms with Crippen LogP contribution < -0.4 is 0 Å². The molecular weight excluding hydrogens is 292 g/mol. The molecule has 23 heavy (non-hydrogen) atoms. The fourth-order valence-electron chi connectivity index (χ4n) is 3.87. The second-order valence-corrected chi connectivity index (χ2v) is 12.1. The third-order valence-electron chi connectivity index (χ3n) is 5.83. The van der Waals surface area contributed by atoms with Crippen molar-refractivity contribution in [1.82, 2.24) is 0 Å². The van der Waals surface area contributed by atoms with E-state index in [9.17, 15) is 0 Å². The van der Waals surface area contributed by atoms with Crippen LogP contribution in [0.5, 0.6) is 0 Å². The minimum atomic E-state index is -1.31. The third-order valence-corrected chi connectivity index (χ3v) is 11.6. The number of benzene rings is 2. The Labute approximate surface area is 143 Å². The average molecular weight is 323 g/mol. The van der Waals surface area contributed by atoms with E-state index in [-0.39, 0.29) is 5.41 Å². The van der Waals surface area contributed by atoms with E-state index < -0.39 is 8.07 Å². The molecule has 2 rings (SSSR count). The molecule has 0 amide bonds. The van der Waals surface area contributed by atoms with E-state index in [0.717, 1.165) is 0 Å². The normalized spacial score (nSPS) is 12.1. The molecule has 0 saturated carbocycles. The van der Waals surface area contributed by atoms with Crippen molar-refractivity contribution in [3.05, 3.63) is 84.4 Å². The van der Waals surface area contributed by atoms with E-state index in [2.05, 4.69) is 94.1 Å². The van der Waals surface area contributed by atoms with Gasteiger partial charge in [0.1, 0.15) is 0 Å². The Morgan fingerprint density at radius 1 is 0.783 bits per heavy atom. The Bertz CT molecular complexity index is 549. The molecule has 0 aliphatic rings. The van der Waals surface area contributed by atoms with Gasteiger partial charge in [0.05, 0.1) is 8.07 Å². The van der Waals surface area contributed by atoms with Crippen LogP contribution in [0, 0.1) is 0 Å². The molecule has 0 nitrogen and oxygen atoms in total. The lowest BCUT2D eigenvalue weighted by Gasteiger charge is -2.41.